The smallest absolute Gasteiger partial charge is 0.320 e. The average Bonchev–Trinajstić information content (AvgIpc) is 2.72. The van der Waals surface area contributed by atoms with E-state index in [4.69, 9.17) is 10.2 Å². The lowest BCUT2D eigenvalue weighted by atomic mass is 9.99. The van der Waals surface area contributed by atoms with Crippen molar-refractivity contribution in [2.45, 2.75) is 20.3 Å². The van der Waals surface area contributed by atoms with Gasteiger partial charge in [-0.15, -0.1) is 0 Å². The number of aliphatic hydroxyl groups is 1. The van der Waals surface area contributed by atoms with E-state index in [0.29, 0.717) is 26.1 Å². The van der Waals surface area contributed by atoms with Gasteiger partial charge in [0.25, 0.3) is 0 Å². The number of urea groups is 1. The van der Waals surface area contributed by atoms with Gasteiger partial charge in [0, 0.05) is 32.8 Å². The Balaban J connectivity index is 2.59. The number of hydrogen-bond donors (Lipinski definition) is 2. The van der Waals surface area contributed by atoms with Crippen molar-refractivity contribution in [2.24, 2.45) is 11.8 Å². The minimum atomic E-state index is -0.837. The van der Waals surface area contributed by atoms with E-state index in [0.717, 1.165) is 0 Å². The second-order valence-electron chi connectivity index (χ2n) is 4.77. The lowest BCUT2D eigenvalue weighted by molar-refractivity contribution is -0.142. The van der Waals surface area contributed by atoms with E-state index < -0.39 is 11.9 Å². The maximum atomic E-state index is 12.2. The molecule has 0 aromatic heterocycles. The maximum Gasteiger partial charge on any atom is 0.320 e. The molecule has 1 aliphatic rings. The Hall–Kier alpha value is -1.30. The summed E-state index contributed by atoms with van der Waals surface area (Å²) in [5.41, 5.74) is 0. The van der Waals surface area contributed by atoms with Crippen molar-refractivity contribution in [3.05, 3.63) is 0 Å². The lowest BCUT2D eigenvalue weighted by Gasteiger charge is -2.26. The fourth-order valence-electron chi connectivity index (χ4n) is 2.30. The average molecular weight is 258 g/mol. The molecule has 0 unspecified atom stereocenters. The maximum absolute atomic E-state index is 12.2. The van der Waals surface area contributed by atoms with E-state index in [1.54, 1.807) is 9.80 Å². The molecule has 6 heteroatoms. The number of aliphatic hydroxyl groups excluding tert-OH is 1. The summed E-state index contributed by atoms with van der Waals surface area (Å²) in [6, 6.07) is -0.124. The summed E-state index contributed by atoms with van der Waals surface area (Å²) in [4.78, 5) is 26.4. The highest BCUT2D eigenvalue weighted by molar-refractivity contribution is 5.77. The number of hydrogen-bond acceptors (Lipinski definition) is 3. The zero-order valence-electron chi connectivity index (χ0n) is 11.0. The first-order chi connectivity index (χ1) is 8.51. The molecule has 0 saturated carbocycles. The van der Waals surface area contributed by atoms with Crippen LogP contribution in [-0.4, -0.2) is 64.8 Å². The Morgan fingerprint density at radius 3 is 2.50 bits per heavy atom. The molecule has 18 heavy (non-hydrogen) atoms. The van der Waals surface area contributed by atoms with Crippen molar-refractivity contribution >= 4 is 12.0 Å². The van der Waals surface area contributed by atoms with E-state index in [1.807, 2.05) is 13.8 Å². The summed E-state index contributed by atoms with van der Waals surface area (Å²) in [6.45, 7) is 5.64. The first-order valence-corrected chi connectivity index (χ1v) is 6.38. The van der Waals surface area contributed by atoms with Crippen molar-refractivity contribution in [1.82, 2.24) is 9.80 Å². The molecule has 1 heterocycles. The molecular formula is C12H22N2O4. The number of rotatable bonds is 5. The highest BCUT2D eigenvalue weighted by Gasteiger charge is 2.37. The van der Waals surface area contributed by atoms with Crippen LogP contribution in [0.5, 0.6) is 0 Å². The Labute approximate surface area is 107 Å². The quantitative estimate of drug-likeness (QED) is 0.751. The Morgan fingerprint density at radius 1 is 1.39 bits per heavy atom. The summed E-state index contributed by atoms with van der Waals surface area (Å²) < 4.78 is 0. The van der Waals surface area contributed by atoms with Crippen molar-refractivity contribution in [3.8, 4) is 0 Å². The number of aliphatic carboxylic acids is 1. The Kier molecular flexibility index (Phi) is 5.40. The highest BCUT2D eigenvalue weighted by atomic mass is 16.4. The van der Waals surface area contributed by atoms with Gasteiger partial charge in [0.15, 0.2) is 0 Å². The zero-order chi connectivity index (χ0) is 13.7. The topological polar surface area (TPSA) is 81.1 Å². The monoisotopic (exact) mass is 258 g/mol. The third-order valence-corrected chi connectivity index (χ3v) is 3.44. The van der Waals surface area contributed by atoms with Gasteiger partial charge in [-0.25, -0.2) is 4.79 Å². The van der Waals surface area contributed by atoms with Gasteiger partial charge in [-0.2, -0.15) is 0 Å². The number of likely N-dealkylation sites (tertiary alicyclic amines) is 1. The molecule has 0 bridgehead atoms. The summed E-state index contributed by atoms with van der Waals surface area (Å²) in [5.74, 6) is -1.32. The summed E-state index contributed by atoms with van der Waals surface area (Å²) in [7, 11) is 0. The van der Waals surface area contributed by atoms with Gasteiger partial charge in [-0.1, -0.05) is 6.92 Å². The molecule has 2 N–H and O–H groups in total. The standard InChI is InChI=1S/C12H22N2O4/c1-3-13(5-4-6-15)12(18)14-7-9(2)10(8-14)11(16)17/h9-10,15H,3-8H2,1-2H3,(H,16,17)/t9-,10-/m1/s1. The predicted octanol–water partition coefficient (Wildman–Crippen LogP) is 0.463. The zero-order valence-corrected chi connectivity index (χ0v) is 11.0. The lowest BCUT2D eigenvalue weighted by Crippen LogP contribution is -2.43. The highest BCUT2D eigenvalue weighted by Crippen LogP contribution is 2.24. The van der Waals surface area contributed by atoms with E-state index >= 15 is 0 Å². The summed E-state index contributed by atoms with van der Waals surface area (Å²) in [6.07, 6.45) is 0.547. The van der Waals surface area contributed by atoms with Gasteiger partial charge in [0.05, 0.1) is 5.92 Å². The fourth-order valence-corrected chi connectivity index (χ4v) is 2.30. The van der Waals surface area contributed by atoms with Crippen molar-refractivity contribution in [2.75, 3.05) is 32.8 Å². The van der Waals surface area contributed by atoms with Gasteiger partial charge in [0.2, 0.25) is 0 Å². The van der Waals surface area contributed by atoms with Crippen LogP contribution >= 0.6 is 0 Å². The van der Waals surface area contributed by atoms with E-state index in [2.05, 4.69) is 0 Å². The van der Waals surface area contributed by atoms with Crippen molar-refractivity contribution in [3.63, 3.8) is 0 Å². The number of amides is 2. The van der Waals surface area contributed by atoms with Gasteiger partial charge in [-0.05, 0) is 19.3 Å². The minimum Gasteiger partial charge on any atom is -0.481 e. The molecule has 0 radical (unpaired) electrons. The van der Waals surface area contributed by atoms with Gasteiger partial charge < -0.3 is 20.0 Å². The van der Waals surface area contributed by atoms with E-state index in [9.17, 15) is 9.59 Å². The molecule has 2 amide bonds. The van der Waals surface area contributed by atoms with E-state index in [1.165, 1.54) is 0 Å². The molecule has 1 rings (SSSR count). The van der Waals surface area contributed by atoms with Crippen LogP contribution in [0.3, 0.4) is 0 Å². The number of carboxylic acids is 1. The molecule has 0 aromatic rings. The van der Waals surface area contributed by atoms with Crippen LogP contribution in [0.2, 0.25) is 0 Å². The first-order valence-electron chi connectivity index (χ1n) is 6.38. The molecule has 0 spiro atoms. The van der Waals surface area contributed by atoms with Crippen LogP contribution in [0.25, 0.3) is 0 Å². The first kappa shape index (κ1) is 14.8. The van der Waals surface area contributed by atoms with Crippen molar-refractivity contribution < 1.29 is 19.8 Å². The third kappa shape index (κ3) is 3.35. The van der Waals surface area contributed by atoms with Crippen LogP contribution in [0.4, 0.5) is 4.79 Å². The molecule has 1 saturated heterocycles. The predicted molar refractivity (Wildman–Crippen MR) is 66.2 cm³/mol. The molecule has 1 aliphatic heterocycles. The number of carbonyl (C=O) groups excluding carboxylic acids is 1. The normalized spacial score (nSPS) is 23.2. The van der Waals surface area contributed by atoms with Gasteiger partial charge in [-0.3, -0.25) is 4.79 Å². The summed E-state index contributed by atoms with van der Waals surface area (Å²) in [5, 5.41) is 17.8. The number of nitrogens with zero attached hydrogens (tertiary/aromatic N) is 2. The molecule has 2 atom stereocenters. The SMILES string of the molecule is CCN(CCCO)C(=O)N1C[C@@H](C)[C@H](C(=O)O)C1. The van der Waals surface area contributed by atoms with Gasteiger partial charge >= 0.3 is 12.0 Å². The number of carbonyl (C=O) groups is 2. The molecule has 104 valence electrons. The van der Waals surface area contributed by atoms with Crippen LogP contribution in [0.15, 0.2) is 0 Å². The third-order valence-electron chi connectivity index (χ3n) is 3.44. The molecule has 0 aliphatic carbocycles. The Bertz CT molecular complexity index is 308. The molecule has 6 nitrogen and oxygen atoms in total. The fraction of sp³-hybridized carbons (Fsp3) is 0.833. The second kappa shape index (κ2) is 6.58. The largest absolute Gasteiger partial charge is 0.481 e. The van der Waals surface area contributed by atoms with E-state index in [-0.39, 0.29) is 25.1 Å². The van der Waals surface area contributed by atoms with Gasteiger partial charge in [0.1, 0.15) is 0 Å². The van der Waals surface area contributed by atoms with Crippen molar-refractivity contribution in [1.29, 1.82) is 0 Å². The second-order valence-corrected chi connectivity index (χ2v) is 4.77. The van der Waals surface area contributed by atoms with Crippen LogP contribution in [-0.2, 0) is 4.79 Å². The molecular weight excluding hydrogens is 236 g/mol. The van der Waals surface area contributed by atoms with Crippen LogP contribution in [0, 0.1) is 11.8 Å². The molecule has 0 aromatic carbocycles. The Morgan fingerprint density at radius 2 is 2.06 bits per heavy atom. The molecule has 1 fully saturated rings. The van der Waals surface area contributed by atoms with Crippen LogP contribution in [0.1, 0.15) is 20.3 Å². The van der Waals surface area contributed by atoms with Crippen LogP contribution < -0.4 is 0 Å². The minimum absolute atomic E-state index is 0.0111. The number of carboxylic acid groups (broad SMARTS) is 1. The summed E-state index contributed by atoms with van der Waals surface area (Å²) >= 11 is 0.